The number of rotatable bonds is 1. The van der Waals surface area contributed by atoms with Crippen molar-refractivity contribution < 1.29 is 18.0 Å². The zero-order chi connectivity index (χ0) is 6.78. The van der Waals surface area contributed by atoms with Crippen LogP contribution in [0.2, 0.25) is 0 Å². The zero-order valence-corrected chi connectivity index (χ0v) is 4.07. The zero-order valence-electron chi connectivity index (χ0n) is 4.07. The molecule has 0 heterocycles. The average Bonchev–Trinajstić information content (AvgIpc) is 1.21. The number of hydroxylamine groups is 1. The second kappa shape index (κ2) is 2.29. The van der Waals surface area contributed by atoms with E-state index in [0.29, 0.717) is 0 Å². The lowest BCUT2D eigenvalue weighted by atomic mass is 11.3. The Labute approximate surface area is 43.7 Å². The number of nitrogens with two attached hydrogens (primary N) is 1. The van der Waals surface area contributed by atoms with E-state index in [-0.39, 0.29) is 5.17 Å². The largest absolute Gasteiger partial charge is 0.540 e. The summed E-state index contributed by atoms with van der Waals surface area (Å²) in [6.45, 7) is 0. The van der Waals surface area contributed by atoms with Crippen LogP contribution in [0.5, 0.6) is 0 Å². The molecular formula is C2H5F3N2O. The molecule has 0 unspecified atom stereocenters. The number of nitrogens with zero attached hydrogens (tertiary/aromatic N) is 1. The highest BCUT2D eigenvalue weighted by atomic mass is 19.4. The maximum absolute atomic E-state index is 11.0. The molecule has 0 saturated heterocycles. The summed E-state index contributed by atoms with van der Waals surface area (Å²) >= 11 is 0. The van der Waals surface area contributed by atoms with Crippen molar-refractivity contribution in [3.05, 3.63) is 0 Å². The molecule has 0 radical (unpaired) electrons. The summed E-state index contributed by atoms with van der Waals surface area (Å²) < 4.78 is 32.9. The summed E-state index contributed by atoms with van der Waals surface area (Å²) in [6.07, 6.45) is -4.68. The second-order valence-corrected chi connectivity index (χ2v) is 1.08. The lowest BCUT2D eigenvalue weighted by Gasteiger charge is -2.10. The molecule has 50 valence electrons. The molecular weight excluding hydrogens is 125 g/mol. The minimum absolute atomic E-state index is 0.0833. The van der Waals surface area contributed by atoms with Crippen molar-refractivity contribution in [1.82, 2.24) is 5.17 Å². The van der Waals surface area contributed by atoms with Gasteiger partial charge in [0.05, 0.1) is 0 Å². The summed E-state index contributed by atoms with van der Waals surface area (Å²) in [7, 11) is 0.938. The number of halogens is 3. The Morgan fingerprint density at radius 2 is 1.88 bits per heavy atom. The van der Waals surface area contributed by atoms with Gasteiger partial charge in [0.15, 0.2) is 0 Å². The van der Waals surface area contributed by atoms with Crippen LogP contribution in [-0.2, 0) is 4.84 Å². The molecule has 0 rings (SSSR count). The predicted octanol–water partition coefficient (Wildman–Crippen LogP) is 0.243. The second-order valence-electron chi connectivity index (χ2n) is 1.08. The molecule has 0 atom stereocenters. The van der Waals surface area contributed by atoms with Crippen LogP contribution in [0.15, 0.2) is 0 Å². The lowest BCUT2D eigenvalue weighted by molar-refractivity contribution is -0.410. The molecule has 0 amide bonds. The summed E-state index contributed by atoms with van der Waals surface area (Å²) in [5, 5.41) is 0.0833. The lowest BCUT2D eigenvalue weighted by Crippen LogP contribution is -2.33. The van der Waals surface area contributed by atoms with Crippen LogP contribution in [0, 0.1) is 0 Å². The van der Waals surface area contributed by atoms with Crippen molar-refractivity contribution in [2.75, 3.05) is 7.05 Å². The molecule has 6 heteroatoms. The fourth-order valence-corrected chi connectivity index (χ4v) is 0.163. The van der Waals surface area contributed by atoms with Gasteiger partial charge in [0.2, 0.25) is 0 Å². The van der Waals surface area contributed by atoms with Gasteiger partial charge in [-0.15, -0.1) is 18.3 Å². The van der Waals surface area contributed by atoms with E-state index in [1.807, 2.05) is 0 Å². The highest BCUT2D eigenvalue weighted by Crippen LogP contribution is 2.15. The SMILES string of the molecule is CN(N)OC(F)(F)F. The number of hydrogen-bond donors (Lipinski definition) is 1. The van der Waals surface area contributed by atoms with Crippen LogP contribution < -0.4 is 5.84 Å². The van der Waals surface area contributed by atoms with Crippen LogP contribution in [0.4, 0.5) is 13.2 Å². The highest BCUT2D eigenvalue weighted by molar-refractivity contribution is 4.17. The fraction of sp³-hybridized carbons (Fsp3) is 1.00. The normalized spacial score (nSPS) is 12.8. The van der Waals surface area contributed by atoms with Crippen LogP contribution in [-0.4, -0.2) is 18.6 Å². The van der Waals surface area contributed by atoms with E-state index in [9.17, 15) is 13.2 Å². The molecule has 0 spiro atoms. The van der Waals surface area contributed by atoms with E-state index in [1.54, 1.807) is 0 Å². The molecule has 0 aromatic carbocycles. The Morgan fingerprint density at radius 1 is 1.50 bits per heavy atom. The minimum Gasteiger partial charge on any atom is -0.245 e. The van der Waals surface area contributed by atoms with Gasteiger partial charge >= 0.3 is 6.36 Å². The Hall–Kier alpha value is -0.330. The smallest absolute Gasteiger partial charge is 0.245 e. The third-order valence-electron chi connectivity index (χ3n) is 0.248. The van der Waals surface area contributed by atoms with Crippen molar-refractivity contribution in [2.24, 2.45) is 5.84 Å². The predicted molar refractivity (Wildman–Crippen MR) is 19.1 cm³/mol. The number of alkyl halides is 3. The third-order valence-corrected chi connectivity index (χ3v) is 0.248. The molecule has 0 aliphatic rings. The van der Waals surface area contributed by atoms with Crippen LogP contribution >= 0.6 is 0 Å². The van der Waals surface area contributed by atoms with E-state index in [2.05, 4.69) is 10.7 Å². The molecule has 0 saturated carbocycles. The summed E-state index contributed by atoms with van der Waals surface area (Å²) in [5.41, 5.74) is 0. The summed E-state index contributed by atoms with van der Waals surface area (Å²) in [5.74, 6) is 4.47. The van der Waals surface area contributed by atoms with Gasteiger partial charge in [-0.3, -0.25) is 0 Å². The average molecular weight is 130 g/mol. The summed E-state index contributed by atoms with van der Waals surface area (Å²) in [4.78, 5) is 3.05. The van der Waals surface area contributed by atoms with Crippen LogP contribution in [0.25, 0.3) is 0 Å². The van der Waals surface area contributed by atoms with Gasteiger partial charge in [0, 0.05) is 7.05 Å². The maximum atomic E-state index is 11.0. The van der Waals surface area contributed by atoms with Gasteiger partial charge in [-0.2, -0.15) is 4.84 Å². The molecule has 0 aromatic rings. The van der Waals surface area contributed by atoms with E-state index < -0.39 is 6.36 Å². The van der Waals surface area contributed by atoms with Crippen molar-refractivity contribution in [3.8, 4) is 0 Å². The maximum Gasteiger partial charge on any atom is 0.540 e. The van der Waals surface area contributed by atoms with Crippen molar-refractivity contribution in [2.45, 2.75) is 6.36 Å². The third kappa shape index (κ3) is 5.67. The molecule has 0 fully saturated rings. The molecule has 0 aliphatic carbocycles. The Bertz CT molecular complexity index is 70.2. The van der Waals surface area contributed by atoms with Gasteiger partial charge in [-0.05, 0) is 0 Å². The minimum atomic E-state index is -4.68. The van der Waals surface area contributed by atoms with Crippen LogP contribution in [0.3, 0.4) is 0 Å². The number of hydrogen-bond acceptors (Lipinski definition) is 3. The molecule has 0 aliphatic heterocycles. The Morgan fingerprint density at radius 3 is 1.88 bits per heavy atom. The van der Waals surface area contributed by atoms with Gasteiger partial charge in [-0.25, -0.2) is 5.84 Å². The van der Waals surface area contributed by atoms with Gasteiger partial charge < -0.3 is 0 Å². The quantitative estimate of drug-likeness (QED) is 0.408. The van der Waals surface area contributed by atoms with E-state index in [0.717, 1.165) is 7.05 Å². The standard InChI is InChI=1S/C2H5F3N2O/c1-7(6)8-2(3,4)5/h6H2,1H3. The topological polar surface area (TPSA) is 38.5 Å². The van der Waals surface area contributed by atoms with Gasteiger partial charge in [0.25, 0.3) is 0 Å². The van der Waals surface area contributed by atoms with E-state index in [4.69, 9.17) is 0 Å². The first-order chi connectivity index (χ1) is 3.42. The first-order valence-corrected chi connectivity index (χ1v) is 1.66. The van der Waals surface area contributed by atoms with Crippen molar-refractivity contribution in [3.63, 3.8) is 0 Å². The molecule has 0 aromatic heterocycles. The first kappa shape index (κ1) is 7.67. The Kier molecular flexibility index (Phi) is 2.20. The molecule has 2 N–H and O–H groups in total. The van der Waals surface area contributed by atoms with Gasteiger partial charge in [0.1, 0.15) is 0 Å². The van der Waals surface area contributed by atoms with Crippen molar-refractivity contribution in [1.29, 1.82) is 0 Å². The number of hydrazine groups is 1. The first-order valence-electron chi connectivity index (χ1n) is 1.66. The summed E-state index contributed by atoms with van der Waals surface area (Å²) in [6, 6.07) is 0. The monoisotopic (exact) mass is 130 g/mol. The molecule has 0 bridgehead atoms. The Balaban J connectivity index is 3.39. The van der Waals surface area contributed by atoms with Crippen molar-refractivity contribution >= 4 is 0 Å². The fourth-order valence-electron chi connectivity index (χ4n) is 0.163. The van der Waals surface area contributed by atoms with E-state index in [1.165, 1.54) is 0 Å². The molecule has 3 nitrogen and oxygen atoms in total. The van der Waals surface area contributed by atoms with Crippen LogP contribution in [0.1, 0.15) is 0 Å². The molecule has 8 heavy (non-hydrogen) atoms. The highest BCUT2D eigenvalue weighted by Gasteiger charge is 2.31. The van der Waals surface area contributed by atoms with Gasteiger partial charge in [-0.1, -0.05) is 0 Å². The van der Waals surface area contributed by atoms with E-state index >= 15 is 0 Å².